The highest BCUT2D eigenvalue weighted by Crippen LogP contribution is 2.31. The van der Waals surface area contributed by atoms with Crippen molar-refractivity contribution in [3.05, 3.63) is 29.8 Å². The number of hydrogen-bond donors (Lipinski definition) is 2. The van der Waals surface area contributed by atoms with Crippen molar-refractivity contribution in [3.8, 4) is 0 Å². The molecule has 1 aromatic rings. The van der Waals surface area contributed by atoms with Gasteiger partial charge in [0.05, 0.1) is 46.2 Å². The quantitative estimate of drug-likeness (QED) is 0.122. The summed E-state index contributed by atoms with van der Waals surface area (Å²) in [6.07, 6.45) is 3.31. The van der Waals surface area contributed by atoms with Crippen molar-refractivity contribution in [3.63, 3.8) is 0 Å². The molecule has 1 heterocycles. The van der Waals surface area contributed by atoms with Crippen molar-refractivity contribution < 1.29 is 18.9 Å². The predicted octanol–water partition coefficient (Wildman–Crippen LogP) is 6.93. The maximum absolute atomic E-state index is 5.89. The van der Waals surface area contributed by atoms with Crippen LogP contribution in [0.25, 0.3) is 0 Å². The van der Waals surface area contributed by atoms with E-state index in [4.69, 9.17) is 18.9 Å². The molecule has 47 heavy (non-hydrogen) atoms. The third kappa shape index (κ3) is 20.1. The molecule has 1 unspecified atom stereocenters. The smallest absolute Gasteiger partial charge is 0.0701 e. The molecule has 2 N–H and O–H groups in total. The maximum Gasteiger partial charge on any atom is 0.0701 e. The number of benzene rings is 1. The fourth-order valence-corrected chi connectivity index (χ4v) is 5.68. The molecule has 0 saturated carbocycles. The summed E-state index contributed by atoms with van der Waals surface area (Å²) in [7, 11) is 0. The van der Waals surface area contributed by atoms with Crippen LogP contribution in [0.3, 0.4) is 0 Å². The minimum atomic E-state index is 0.0435. The molecule has 1 atom stereocenters. The zero-order valence-corrected chi connectivity index (χ0v) is 32.4. The van der Waals surface area contributed by atoms with Crippen LogP contribution in [0.15, 0.2) is 24.3 Å². The lowest BCUT2D eigenvalue weighted by Gasteiger charge is -2.36. The third-order valence-electron chi connectivity index (χ3n) is 8.82. The van der Waals surface area contributed by atoms with Crippen LogP contribution in [0.4, 0.5) is 5.69 Å². The molecule has 0 aliphatic carbocycles. The second-order valence-electron chi connectivity index (χ2n) is 17.2. The summed E-state index contributed by atoms with van der Waals surface area (Å²) < 4.78 is 23.1. The molecule has 0 amide bonds. The van der Waals surface area contributed by atoms with Crippen molar-refractivity contribution >= 4 is 5.69 Å². The molecule has 1 aromatic carbocycles. The lowest BCUT2D eigenvalue weighted by Crippen LogP contribution is -2.47. The van der Waals surface area contributed by atoms with Crippen molar-refractivity contribution in [1.82, 2.24) is 15.5 Å². The van der Waals surface area contributed by atoms with Crippen LogP contribution < -0.4 is 15.5 Å². The van der Waals surface area contributed by atoms with E-state index in [0.717, 1.165) is 78.4 Å². The summed E-state index contributed by atoms with van der Waals surface area (Å²) in [5, 5.41) is 7.32. The first-order valence-corrected chi connectivity index (χ1v) is 18.4. The zero-order valence-electron chi connectivity index (χ0n) is 32.4. The second kappa shape index (κ2) is 20.4. The molecule has 0 aromatic heterocycles. The van der Waals surface area contributed by atoms with E-state index in [1.54, 1.807) is 0 Å². The number of rotatable bonds is 23. The average molecular weight is 663 g/mol. The van der Waals surface area contributed by atoms with Crippen LogP contribution in [0.2, 0.25) is 0 Å². The second-order valence-corrected chi connectivity index (χ2v) is 17.2. The minimum absolute atomic E-state index is 0.0435. The van der Waals surface area contributed by atoms with Gasteiger partial charge in [-0.25, -0.2) is 0 Å². The predicted molar refractivity (Wildman–Crippen MR) is 199 cm³/mol. The molecule has 0 spiro atoms. The van der Waals surface area contributed by atoms with Crippen LogP contribution in [-0.2, 0) is 18.9 Å². The maximum atomic E-state index is 5.89. The summed E-state index contributed by atoms with van der Waals surface area (Å²) in [5.41, 5.74) is 3.30. The summed E-state index contributed by atoms with van der Waals surface area (Å²) in [5.74, 6) is 0. The van der Waals surface area contributed by atoms with Gasteiger partial charge < -0.3 is 34.5 Å². The number of ether oxygens (including phenoxy) is 4. The molecule has 8 nitrogen and oxygen atoms in total. The van der Waals surface area contributed by atoms with Gasteiger partial charge in [-0.05, 0) is 89.3 Å². The van der Waals surface area contributed by atoms with Crippen molar-refractivity contribution in [2.24, 2.45) is 10.8 Å². The van der Waals surface area contributed by atoms with E-state index in [2.05, 4.69) is 121 Å². The molecular weight excluding hydrogens is 588 g/mol. The molecule has 0 radical (unpaired) electrons. The molecule has 274 valence electrons. The molecule has 8 heteroatoms. The zero-order chi connectivity index (χ0) is 35.0. The average Bonchev–Trinajstić information content (AvgIpc) is 2.98. The molecule has 1 saturated heterocycles. The van der Waals surface area contributed by atoms with E-state index >= 15 is 0 Å². The molecular formula is C39H74N4O4. The normalized spacial score (nSPS) is 16.2. The summed E-state index contributed by atoms with van der Waals surface area (Å²) in [6, 6.07) is 9.51. The minimum Gasteiger partial charge on any atom is -0.380 e. The van der Waals surface area contributed by atoms with Gasteiger partial charge in [-0.1, -0.05) is 46.8 Å². The standard InChI is InChI=1S/C39H74N4O4/c1-33(34-12-14-35(15-13-34)43-22-20-42(21-23-43)24-27-47-32-36(2,3)4)41-39(10,11)17-16-38(8,9)18-25-44-28-30-46-31-29-45-26-19-40-37(5,6)7/h12-15,33,40-41H,16-32H2,1-11H3. The Hall–Kier alpha value is -1.26. The van der Waals surface area contributed by atoms with Crippen molar-refractivity contribution in [2.45, 2.75) is 113 Å². The number of nitrogens with zero attached hydrogens (tertiary/aromatic N) is 2. The SMILES string of the molecule is CC(NC(C)(C)CCC(C)(C)CCOCCOCCOCCNC(C)(C)C)c1ccc(N2CCN(CCOCC(C)(C)C)CC2)cc1. The number of piperazine rings is 1. The summed E-state index contributed by atoms with van der Waals surface area (Å²) in [4.78, 5) is 5.04. The molecule has 1 fully saturated rings. The Labute approximate surface area is 290 Å². The number of nitrogens with one attached hydrogen (secondary N) is 2. The van der Waals surface area contributed by atoms with Gasteiger partial charge in [0, 0.05) is 68.7 Å². The lowest BCUT2D eigenvalue weighted by atomic mass is 9.80. The van der Waals surface area contributed by atoms with E-state index in [9.17, 15) is 0 Å². The van der Waals surface area contributed by atoms with E-state index in [1.807, 2.05) is 0 Å². The highest BCUT2D eigenvalue weighted by molar-refractivity contribution is 5.48. The van der Waals surface area contributed by atoms with Gasteiger partial charge in [0.2, 0.25) is 0 Å². The van der Waals surface area contributed by atoms with E-state index < -0.39 is 0 Å². The topological polar surface area (TPSA) is 67.5 Å². The Kier molecular flexibility index (Phi) is 18.2. The first-order chi connectivity index (χ1) is 21.9. The largest absolute Gasteiger partial charge is 0.380 e. The number of hydrogen-bond acceptors (Lipinski definition) is 8. The Morgan fingerprint density at radius 2 is 1.23 bits per heavy atom. The van der Waals surface area contributed by atoms with E-state index in [0.29, 0.717) is 39.1 Å². The van der Waals surface area contributed by atoms with E-state index in [-0.39, 0.29) is 21.9 Å². The first kappa shape index (κ1) is 41.9. The third-order valence-corrected chi connectivity index (χ3v) is 8.82. The molecule has 1 aliphatic rings. The lowest BCUT2D eigenvalue weighted by molar-refractivity contribution is 0.00903. The van der Waals surface area contributed by atoms with Gasteiger partial charge in [-0.3, -0.25) is 4.90 Å². The molecule has 0 bridgehead atoms. The van der Waals surface area contributed by atoms with Crippen LogP contribution in [-0.4, -0.2) is 108 Å². The number of anilines is 1. The first-order valence-electron chi connectivity index (χ1n) is 18.4. The molecule has 2 rings (SSSR count). The Morgan fingerprint density at radius 1 is 0.660 bits per heavy atom. The highest BCUT2D eigenvalue weighted by Gasteiger charge is 2.26. The van der Waals surface area contributed by atoms with Crippen LogP contribution in [0.5, 0.6) is 0 Å². The Bertz CT molecular complexity index is 947. The van der Waals surface area contributed by atoms with Crippen LogP contribution in [0, 0.1) is 10.8 Å². The Balaban J connectivity index is 1.59. The van der Waals surface area contributed by atoms with Crippen molar-refractivity contribution in [1.29, 1.82) is 0 Å². The van der Waals surface area contributed by atoms with Crippen molar-refractivity contribution in [2.75, 3.05) is 97.0 Å². The molecule has 1 aliphatic heterocycles. The van der Waals surface area contributed by atoms with Crippen LogP contribution in [0.1, 0.15) is 107 Å². The van der Waals surface area contributed by atoms with Crippen LogP contribution >= 0.6 is 0 Å². The van der Waals surface area contributed by atoms with Gasteiger partial charge in [0.25, 0.3) is 0 Å². The fraction of sp³-hybridized carbons (Fsp3) is 0.846. The van der Waals surface area contributed by atoms with Gasteiger partial charge in [0.15, 0.2) is 0 Å². The summed E-state index contributed by atoms with van der Waals surface area (Å²) in [6.45, 7) is 36.6. The monoisotopic (exact) mass is 663 g/mol. The van der Waals surface area contributed by atoms with E-state index in [1.165, 1.54) is 11.3 Å². The Morgan fingerprint density at radius 3 is 1.81 bits per heavy atom. The van der Waals surface area contributed by atoms with Gasteiger partial charge in [0.1, 0.15) is 0 Å². The summed E-state index contributed by atoms with van der Waals surface area (Å²) >= 11 is 0. The van der Waals surface area contributed by atoms with Gasteiger partial charge in [-0.15, -0.1) is 0 Å². The highest BCUT2D eigenvalue weighted by atomic mass is 16.5. The van der Waals surface area contributed by atoms with Gasteiger partial charge >= 0.3 is 0 Å². The fourth-order valence-electron chi connectivity index (χ4n) is 5.68. The van der Waals surface area contributed by atoms with Gasteiger partial charge in [-0.2, -0.15) is 0 Å².